The maximum atomic E-state index is 5.98. The van der Waals surface area contributed by atoms with Gasteiger partial charge in [0.15, 0.2) is 0 Å². The first-order valence-corrected chi connectivity index (χ1v) is 7.76. The second-order valence-electron chi connectivity index (χ2n) is 6.21. The average Bonchev–Trinajstić information content (AvgIpc) is 2.93. The molecular formula is C17H25NO2. The molecule has 3 nitrogen and oxygen atoms in total. The summed E-state index contributed by atoms with van der Waals surface area (Å²) in [6.45, 7) is 8.05. The van der Waals surface area contributed by atoms with Gasteiger partial charge in [0.25, 0.3) is 0 Å². The van der Waals surface area contributed by atoms with Crippen molar-refractivity contribution >= 4 is 0 Å². The molecule has 0 aliphatic carbocycles. The topological polar surface area (TPSA) is 21.7 Å². The molecule has 2 atom stereocenters. The van der Waals surface area contributed by atoms with Crippen molar-refractivity contribution in [2.45, 2.75) is 31.3 Å². The molecule has 1 spiro atoms. The van der Waals surface area contributed by atoms with Gasteiger partial charge in [0.1, 0.15) is 5.60 Å². The van der Waals surface area contributed by atoms with Gasteiger partial charge in [-0.1, -0.05) is 37.3 Å². The zero-order valence-electron chi connectivity index (χ0n) is 12.4. The van der Waals surface area contributed by atoms with Crippen LogP contribution in [0.5, 0.6) is 0 Å². The third kappa shape index (κ3) is 3.22. The van der Waals surface area contributed by atoms with E-state index in [0.717, 1.165) is 45.9 Å². The van der Waals surface area contributed by atoms with Gasteiger partial charge in [0, 0.05) is 26.1 Å². The molecule has 3 heteroatoms. The van der Waals surface area contributed by atoms with Crippen molar-refractivity contribution in [2.24, 2.45) is 0 Å². The number of rotatable bonds is 4. The third-order valence-electron chi connectivity index (χ3n) is 4.64. The van der Waals surface area contributed by atoms with Crippen LogP contribution >= 0.6 is 0 Å². The molecule has 110 valence electrons. The normalized spacial score (nSPS) is 28.9. The minimum Gasteiger partial charge on any atom is -0.378 e. The van der Waals surface area contributed by atoms with Crippen molar-refractivity contribution in [1.82, 2.24) is 4.90 Å². The van der Waals surface area contributed by atoms with E-state index in [1.807, 2.05) is 0 Å². The summed E-state index contributed by atoms with van der Waals surface area (Å²) in [7, 11) is 0. The van der Waals surface area contributed by atoms with Gasteiger partial charge < -0.3 is 9.47 Å². The van der Waals surface area contributed by atoms with E-state index in [0.29, 0.717) is 5.92 Å². The Balaban J connectivity index is 1.51. The Kier molecular flexibility index (Phi) is 4.39. The summed E-state index contributed by atoms with van der Waals surface area (Å²) < 4.78 is 11.5. The van der Waals surface area contributed by atoms with Crippen LogP contribution in [0.25, 0.3) is 0 Å². The zero-order chi connectivity index (χ0) is 13.8. The monoisotopic (exact) mass is 275 g/mol. The number of morpholine rings is 1. The SMILES string of the molecule is C[C@H](CCN1CCO[C@]2(CCOC2)C1)c1ccccc1. The molecule has 2 saturated heterocycles. The van der Waals surface area contributed by atoms with Crippen LogP contribution in [0.15, 0.2) is 30.3 Å². The lowest BCUT2D eigenvalue weighted by Gasteiger charge is -2.39. The van der Waals surface area contributed by atoms with E-state index in [1.54, 1.807) is 0 Å². The summed E-state index contributed by atoms with van der Waals surface area (Å²) in [4.78, 5) is 2.55. The quantitative estimate of drug-likeness (QED) is 0.843. The lowest BCUT2D eigenvalue weighted by atomic mass is 9.96. The first-order chi connectivity index (χ1) is 9.77. The van der Waals surface area contributed by atoms with Gasteiger partial charge in [-0.3, -0.25) is 4.90 Å². The molecule has 2 aliphatic heterocycles. The van der Waals surface area contributed by atoms with Crippen LogP contribution < -0.4 is 0 Å². The van der Waals surface area contributed by atoms with Crippen molar-refractivity contribution in [3.8, 4) is 0 Å². The summed E-state index contributed by atoms with van der Waals surface area (Å²) in [5, 5.41) is 0. The molecule has 0 amide bonds. The van der Waals surface area contributed by atoms with E-state index in [-0.39, 0.29) is 5.60 Å². The van der Waals surface area contributed by atoms with E-state index < -0.39 is 0 Å². The molecule has 0 unspecified atom stereocenters. The minimum atomic E-state index is -0.00572. The maximum absolute atomic E-state index is 5.98. The maximum Gasteiger partial charge on any atom is 0.106 e. The summed E-state index contributed by atoms with van der Waals surface area (Å²) in [6, 6.07) is 10.8. The molecule has 0 radical (unpaired) electrons. The van der Waals surface area contributed by atoms with Gasteiger partial charge in [-0.25, -0.2) is 0 Å². The Morgan fingerprint density at radius 1 is 1.25 bits per heavy atom. The van der Waals surface area contributed by atoms with Crippen LogP contribution in [-0.4, -0.2) is 50.0 Å². The van der Waals surface area contributed by atoms with Crippen molar-refractivity contribution in [2.75, 3.05) is 39.5 Å². The lowest BCUT2D eigenvalue weighted by molar-refractivity contribution is -0.109. The van der Waals surface area contributed by atoms with Crippen LogP contribution in [0.2, 0.25) is 0 Å². The van der Waals surface area contributed by atoms with Crippen molar-refractivity contribution in [3.05, 3.63) is 35.9 Å². The summed E-state index contributed by atoms with van der Waals surface area (Å²) in [5.41, 5.74) is 1.44. The Hall–Kier alpha value is -0.900. The van der Waals surface area contributed by atoms with Gasteiger partial charge in [-0.15, -0.1) is 0 Å². The Morgan fingerprint density at radius 3 is 2.85 bits per heavy atom. The second-order valence-corrected chi connectivity index (χ2v) is 6.21. The Labute approximate surface area is 121 Å². The summed E-state index contributed by atoms with van der Waals surface area (Å²) in [5.74, 6) is 0.620. The minimum absolute atomic E-state index is 0.00572. The van der Waals surface area contributed by atoms with E-state index in [9.17, 15) is 0 Å². The predicted octanol–water partition coefficient (Wildman–Crippen LogP) is 2.67. The van der Waals surface area contributed by atoms with E-state index >= 15 is 0 Å². The molecule has 20 heavy (non-hydrogen) atoms. The van der Waals surface area contributed by atoms with Gasteiger partial charge in [0.2, 0.25) is 0 Å². The molecular weight excluding hydrogens is 250 g/mol. The second kappa shape index (κ2) is 6.25. The fourth-order valence-electron chi connectivity index (χ4n) is 3.27. The molecule has 0 N–H and O–H groups in total. The number of hydrogen-bond donors (Lipinski definition) is 0. The fourth-order valence-corrected chi connectivity index (χ4v) is 3.27. The summed E-state index contributed by atoms with van der Waals surface area (Å²) >= 11 is 0. The molecule has 0 aromatic heterocycles. The van der Waals surface area contributed by atoms with Gasteiger partial charge >= 0.3 is 0 Å². The smallest absolute Gasteiger partial charge is 0.106 e. The van der Waals surface area contributed by atoms with Crippen molar-refractivity contribution in [3.63, 3.8) is 0 Å². The van der Waals surface area contributed by atoms with Gasteiger partial charge in [0.05, 0.1) is 13.2 Å². The molecule has 0 bridgehead atoms. The van der Waals surface area contributed by atoms with Gasteiger partial charge in [-0.05, 0) is 24.4 Å². The zero-order valence-corrected chi connectivity index (χ0v) is 12.4. The molecule has 0 saturated carbocycles. The summed E-state index contributed by atoms with van der Waals surface area (Å²) in [6.07, 6.45) is 2.26. The van der Waals surface area contributed by atoms with E-state index in [2.05, 4.69) is 42.2 Å². The van der Waals surface area contributed by atoms with Crippen LogP contribution in [0.1, 0.15) is 31.2 Å². The fraction of sp³-hybridized carbons (Fsp3) is 0.647. The highest BCUT2D eigenvalue weighted by Gasteiger charge is 2.40. The van der Waals surface area contributed by atoms with Crippen LogP contribution in [0.4, 0.5) is 0 Å². The number of ether oxygens (including phenoxy) is 2. The third-order valence-corrected chi connectivity index (χ3v) is 4.64. The number of nitrogens with zero attached hydrogens (tertiary/aromatic N) is 1. The van der Waals surface area contributed by atoms with Crippen molar-refractivity contribution in [1.29, 1.82) is 0 Å². The van der Waals surface area contributed by atoms with E-state index in [1.165, 1.54) is 12.0 Å². The highest BCUT2D eigenvalue weighted by Crippen LogP contribution is 2.28. The molecule has 2 heterocycles. The van der Waals surface area contributed by atoms with Crippen LogP contribution in [-0.2, 0) is 9.47 Å². The average molecular weight is 275 g/mol. The molecule has 3 rings (SSSR count). The highest BCUT2D eigenvalue weighted by molar-refractivity contribution is 5.18. The van der Waals surface area contributed by atoms with Crippen LogP contribution in [0.3, 0.4) is 0 Å². The van der Waals surface area contributed by atoms with Gasteiger partial charge in [-0.2, -0.15) is 0 Å². The number of benzene rings is 1. The Bertz CT molecular complexity index is 414. The molecule has 1 aromatic carbocycles. The first-order valence-electron chi connectivity index (χ1n) is 7.76. The molecule has 2 fully saturated rings. The van der Waals surface area contributed by atoms with E-state index in [4.69, 9.17) is 9.47 Å². The first kappa shape index (κ1) is 14.1. The van der Waals surface area contributed by atoms with Crippen molar-refractivity contribution < 1.29 is 9.47 Å². The standard InChI is InChI=1S/C17H25NO2/c1-15(16-5-3-2-4-6-16)7-9-18-10-12-20-17(13-18)8-11-19-14-17/h2-6,15H,7-14H2,1H3/t15-,17-/m1/s1. The lowest BCUT2D eigenvalue weighted by Crippen LogP contribution is -2.52. The molecule has 1 aromatic rings. The van der Waals surface area contributed by atoms with Crippen LogP contribution in [0, 0.1) is 0 Å². The molecule has 2 aliphatic rings. The Morgan fingerprint density at radius 2 is 2.10 bits per heavy atom. The predicted molar refractivity (Wildman–Crippen MR) is 80.0 cm³/mol. The largest absolute Gasteiger partial charge is 0.378 e. The number of hydrogen-bond acceptors (Lipinski definition) is 3. The highest BCUT2D eigenvalue weighted by atomic mass is 16.6.